The highest BCUT2D eigenvalue weighted by Gasteiger charge is 2.32. The van der Waals surface area contributed by atoms with E-state index < -0.39 is 0 Å². The molecule has 1 aliphatic carbocycles. The number of hydrogen-bond acceptors (Lipinski definition) is 5. The molecule has 0 amide bonds. The van der Waals surface area contributed by atoms with Crippen molar-refractivity contribution in [3.63, 3.8) is 0 Å². The fourth-order valence-corrected chi connectivity index (χ4v) is 4.59. The Kier molecular flexibility index (Phi) is 3.47. The quantitative estimate of drug-likeness (QED) is 0.923. The lowest BCUT2D eigenvalue weighted by Crippen LogP contribution is -2.26. The molecule has 3 unspecified atom stereocenters. The number of fused-ring (bicyclic) bond motifs is 1. The van der Waals surface area contributed by atoms with Crippen molar-refractivity contribution in [1.82, 2.24) is 10.1 Å². The van der Waals surface area contributed by atoms with Crippen molar-refractivity contribution in [2.45, 2.75) is 37.1 Å². The lowest BCUT2D eigenvalue weighted by molar-refractivity contribution is 0.344. The van der Waals surface area contributed by atoms with E-state index in [1.165, 1.54) is 11.1 Å². The second kappa shape index (κ2) is 5.46. The summed E-state index contributed by atoms with van der Waals surface area (Å²) in [5, 5.41) is 4.24. The normalized spacial score (nSPS) is 28.5. The number of aryl methyl sites for hydroxylation is 1. The van der Waals surface area contributed by atoms with Gasteiger partial charge in [0.15, 0.2) is 5.82 Å². The lowest BCUT2D eigenvalue weighted by Gasteiger charge is -2.21. The molecule has 0 bridgehead atoms. The van der Waals surface area contributed by atoms with E-state index in [-0.39, 0.29) is 12.0 Å². The Morgan fingerprint density at radius 1 is 1.19 bits per heavy atom. The van der Waals surface area contributed by atoms with Gasteiger partial charge in [0.1, 0.15) is 0 Å². The summed E-state index contributed by atoms with van der Waals surface area (Å²) in [6, 6.07) is 8.81. The molecule has 1 aromatic heterocycles. The Labute approximate surface area is 128 Å². The van der Waals surface area contributed by atoms with Crippen LogP contribution in [0.25, 0.3) is 0 Å². The molecular formula is C16H19N3OS. The van der Waals surface area contributed by atoms with E-state index in [9.17, 15) is 0 Å². The minimum Gasteiger partial charge on any atom is -0.339 e. The first-order valence-corrected chi connectivity index (χ1v) is 8.70. The van der Waals surface area contributed by atoms with Crippen LogP contribution in [0.3, 0.4) is 0 Å². The van der Waals surface area contributed by atoms with Crippen LogP contribution in [0.5, 0.6) is 0 Å². The largest absolute Gasteiger partial charge is 0.339 e. The summed E-state index contributed by atoms with van der Waals surface area (Å²) in [4.78, 5) is 4.67. The number of thioether (sulfide) groups is 1. The molecular weight excluding hydrogens is 282 g/mol. The zero-order chi connectivity index (χ0) is 14.2. The number of rotatable bonds is 2. The second-order valence-corrected chi connectivity index (χ2v) is 7.08. The molecule has 1 aliphatic heterocycles. The van der Waals surface area contributed by atoms with Crippen molar-refractivity contribution in [3.8, 4) is 0 Å². The van der Waals surface area contributed by atoms with Gasteiger partial charge >= 0.3 is 0 Å². The summed E-state index contributed by atoms with van der Waals surface area (Å²) < 4.78 is 5.51. The van der Waals surface area contributed by atoms with Gasteiger partial charge in [-0.2, -0.15) is 16.7 Å². The molecule has 0 saturated carbocycles. The third-order valence-corrected chi connectivity index (χ3v) is 5.83. The van der Waals surface area contributed by atoms with Crippen molar-refractivity contribution in [1.29, 1.82) is 0 Å². The predicted octanol–water partition coefficient (Wildman–Crippen LogP) is 2.50. The van der Waals surface area contributed by atoms with E-state index in [4.69, 9.17) is 10.3 Å². The van der Waals surface area contributed by atoms with Crippen molar-refractivity contribution < 1.29 is 4.52 Å². The number of nitrogens with two attached hydrogens (primary N) is 1. The Morgan fingerprint density at radius 2 is 2.05 bits per heavy atom. The molecule has 1 fully saturated rings. The number of nitrogens with zero attached hydrogens (tertiary/aromatic N) is 2. The zero-order valence-electron chi connectivity index (χ0n) is 11.9. The van der Waals surface area contributed by atoms with Gasteiger partial charge in [0.05, 0.1) is 5.92 Å². The summed E-state index contributed by atoms with van der Waals surface area (Å²) in [5.74, 6) is 4.19. The highest BCUT2D eigenvalue weighted by molar-refractivity contribution is 7.99. The van der Waals surface area contributed by atoms with Gasteiger partial charge in [0.25, 0.3) is 0 Å². The SMILES string of the molecule is NC1CSCC1c1nc(C2CCc3ccccc3C2)no1. The number of hydrogen-bond donors (Lipinski definition) is 1. The van der Waals surface area contributed by atoms with Crippen LogP contribution in [0.1, 0.15) is 41.1 Å². The highest BCUT2D eigenvalue weighted by Crippen LogP contribution is 2.34. The monoisotopic (exact) mass is 301 g/mol. The topological polar surface area (TPSA) is 64.9 Å². The minimum absolute atomic E-state index is 0.149. The summed E-state index contributed by atoms with van der Waals surface area (Å²) in [7, 11) is 0. The first-order valence-electron chi connectivity index (χ1n) is 7.55. The standard InChI is InChI=1S/C16H19N3OS/c17-14-9-21-8-13(14)16-18-15(19-20-16)12-6-5-10-3-1-2-4-11(10)7-12/h1-4,12-14H,5-9,17H2. The van der Waals surface area contributed by atoms with Crippen LogP contribution in [0.2, 0.25) is 0 Å². The van der Waals surface area contributed by atoms with Gasteiger partial charge in [0, 0.05) is 23.5 Å². The molecule has 4 rings (SSSR count). The highest BCUT2D eigenvalue weighted by atomic mass is 32.2. The van der Waals surface area contributed by atoms with Gasteiger partial charge in [-0.05, 0) is 30.4 Å². The molecule has 0 spiro atoms. The van der Waals surface area contributed by atoms with Crippen molar-refractivity contribution in [3.05, 3.63) is 47.1 Å². The van der Waals surface area contributed by atoms with Crippen molar-refractivity contribution >= 4 is 11.8 Å². The lowest BCUT2D eigenvalue weighted by atomic mass is 9.83. The summed E-state index contributed by atoms with van der Waals surface area (Å²) in [6.45, 7) is 0. The maximum atomic E-state index is 6.11. The molecule has 0 radical (unpaired) electrons. The molecule has 1 aromatic carbocycles. The average Bonchev–Trinajstić information content (AvgIpc) is 3.15. The molecule has 110 valence electrons. The third-order valence-electron chi connectivity index (χ3n) is 4.61. The van der Waals surface area contributed by atoms with E-state index in [2.05, 4.69) is 34.4 Å². The summed E-state index contributed by atoms with van der Waals surface area (Å²) >= 11 is 1.87. The molecule has 4 nitrogen and oxygen atoms in total. The Hall–Kier alpha value is -1.33. The fraction of sp³-hybridized carbons (Fsp3) is 0.500. The minimum atomic E-state index is 0.149. The van der Waals surface area contributed by atoms with Gasteiger partial charge in [-0.1, -0.05) is 29.4 Å². The van der Waals surface area contributed by atoms with Gasteiger partial charge < -0.3 is 10.3 Å². The Bertz CT molecular complexity index is 642. The van der Waals surface area contributed by atoms with Crippen LogP contribution >= 0.6 is 11.8 Å². The maximum absolute atomic E-state index is 6.11. The Balaban J connectivity index is 1.54. The van der Waals surface area contributed by atoms with Gasteiger partial charge in [-0.15, -0.1) is 0 Å². The van der Waals surface area contributed by atoms with Crippen LogP contribution in [0, 0.1) is 0 Å². The average molecular weight is 301 g/mol. The van der Waals surface area contributed by atoms with Crippen LogP contribution in [-0.2, 0) is 12.8 Å². The smallest absolute Gasteiger partial charge is 0.232 e. The summed E-state index contributed by atoms with van der Waals surface area (Å²) in [6.07, 6.45) is 3.21. The van der Waals surface area contributed by atoms with Gasteiger partial charge in [-0.3, -0.25) is 0 Å². The molecule has 3 atom stereocenters. The Morgan fingerprint density at radius 3 is 2.86 bits per heavy atom. The second-order valence-electron chi connectivity index (χ2n) is 6.01. The molecule has 1 saturated heterocycles. The van der Waals surface area contributed by atoms with Crippen molar-refractivity contribution in [2.75, 3.05) is 11.5 Å². The van der Waals surface area contributed by atoms with Crippen molar-refractivity contribution in [2.24, 2.45) is 5.73 Å². The molecule has 2 N–H and O–H groups in total. The van der Waals surface area contributed by atoms with Crippen LogP contribution in [0.15, 0.2) is 28.8 Å². The van der Waals surface area contributed by atoms with E-state index in [1.807, 2.05) is 11.8 Å². The third kappa shape index (κ3) is 2.49. The van der Waals surface area contributed by atoms with E-state index in [1.54, 1.807) is 0 Å². The van der Waals surface area contributed by atoms with Gasteiger partial charge in [-0.25, -0.2) is 0 Å². The molecule has 21 heavy (non-hydrogen) atoms. The molecule has 2 aromatic rings. The van der Waals surface area contributed by atoms with Crippen LogP contribution < -0.4 is 5.73 Å². The molecule has 2 heterocycles. The zero-order valence-corrected chi connectivity index (χ0v) is 12.7. The fourth-order valence-electron chi connectivity index (χ4n) is 3.31. The van der Waals surface area contributed by atoms with E-state index >= 15 is 0 Å². The summed E-state index contributed by atoms with van der Waals surface area (Å²) in [5.41, 5.74) is 9.00. The molecule has 2 aliphatic rings. The number of aromatic nitrogens is 2. The predicted molar refractivity (Wildman–Crippen MR) is 83.5 cm³/mol. The first kappa shape index (κ1) is 13.3. The van der Waals surface area contributed by atoms with Crippen LogP contribution in [-0.4, -0.2) is 27.7 Å². The van der Waals surface area contributed by atoms with E-state index in [0.717, 1.165) is 42.5 Å². The maximum Gasteiger partial charge on any atom is 0.232 e. The molecule has 5 heteroatoms. The van der Waals surface area contributed by atoms with Crippen LogP contribution in [0.4, 0.5) is 0 Å². The van der Waals surface area contributed by atoms with Gasteiger partial charge in [0.2, 0.25) is 5.89 Å². The number of benzene rings is 1. The van der Waals surface area contributed by atoms with E-state index in [0.29, 0.717) is 5.92 Å². The first-order chi connectivity index (χ1) is 10.3.